The molecule has 0 aliphatic rings. The minimum Gasteiger partial charge on any atom is -0.335 e. The van der Waals surface area contributed by atoms with Gasteiger partial charge in [0, 0.05) is 12.2 Å². The normalized spacial score (nSPS) is 11.9. The number of amides is 2. The van der Waals surface area contributed by atoms with E-state index in [1.807, 2.05) is 13.0 Å². The van der Waals surface area contributed by atoms with Crippen molar-refractivity contribution in [1.29, 1.82) is 0 Å². The summed E-state index contributed by atoms with van der Waals surface area (Å²) >= 11 is 0. The Morgan fingerprint density at radius 1 is 1.47 bits per heavy atom. The predicted molar refractivity (Wildman–Crippen MR) is 70.0 cm³/mol. The summed E-state index contributed by atoms with van der Waals surface area (Å²) in [5.74, 6) is 0. The second-order valence-corrected chi connectivity index (χ2v) is 4.24. The minimum absolute atomic E-state index is 0.165. The summed E-state index contributed by atoms with van der Waals surface area (Å²) in [6, 6.07) is 3.65. The molecule has 0 aromatic carbocycles. The lowest BCUT2D eigenvalue weighted by Gasteiger charge is -2.14. The van der Waals surface area contributed by atoms with Gasteiger partial charge in [0.05, 0.1) is 11.9 Å². The van der Waals surface area contributed by atoms with Gasteiger partial charge in [-0.2, -0.15) is 0 Å². The zero-order valence-electron chi connectivity index (χ0n) is 10.6. The third kappa shape index (κ3) is 5.90. The van der Waals surface area contributed by atoms with Crippen molar-refractivity contribution in [3.8, 4) is 0 Å². The molecule has 0 spiro atoms. The summed E-state index contributed by atoms with van der Waals surface area (Å²) in [5.41, 5.74) is 0.714. The molecule has 0 aliphatic carbocycles. The molecule has 0 fully saturated rings. The first-order valence-corrected chi connectivity index (χ1v) is 6.20. The number of carbonyl (C=O) groups is 1. The van der Waals surface area contributed by atoms with Crippen molar-refractivity contribution in [3.63, 3.8) is 0 Å². The third-order valence-electron chi connectivity index (χ3n) is 2.54. The van der Waals surface area contributed by atoms with Gasteiger partial charge in [-0.15, -0.1) is 0 Å². The van der Waals surface area contributed by atoms with Crippen molar-refractivity contribution in [2.45, 2.75) is 45.6 Å². The van der Waals surface area contributed by atoms with Crippen LogP contribution in [0.4, 0.5) is 10.5 Å². The minimum atomic E-state index is -0.165. The molecule has 2 N–H and O–H groups in total. The molecule has 17 heavy (non-hydrogen) atoms. The number of hydrogen-bond donors (Lipinski definition) is 2. The first kappa shape index (κ1) is 13.5. The lowest BCUT2D eigenvalue weighted by atomic mass is 10.1. The van der Waals surface area contributed by atoms with Gasteiger partial charge in [-0.1, -0.05) is 26.2 Å². The van der Waals surface area contributed by atoms with E-state index >= 15 is 0 Å². The number of nitrogens with zero attached hydrogens (tertiary/aromatic N) is 1. The van der Waals surface area contributed by atoms with E-state index in [9.17, 15) is 4.79 Å². The average molecular weight is 235 g/mol. The number of urea groups is 1. The van der Waals surface area contributed by atoms with Crippen LogP contribution in [0.3, 0.4) is 0 Å². The van der Waals surface area contributed by atoms with E-state index in [-0.39, 0.29) is 12.1 Å². The highest BCUT2D eigenvalue weighted by Gasteiger charge is 2.06. The predicted octanol–water partition coefficient (Wildman–Crippen LogP) is 3.17. The quantitative estimate of drug-likeness (QED) is 0.744. The molecule has 1 unspecified atom stereocenters. The van der Waals surface area contributed by atoms with Gasteiger partial charge in [-0.05, 0) is 25.5 Å². The van der Waals surface area contributed by atoms with Gasteiger partial charge in [0.2, 0.25) is 0 Å². The number of rotatable bonds is 6. The molecule has 1 rings (SSSR count). The maximum Gasteiger partial charge on any atom is 0.319 e. The van der Waals surface area contributed by atoms with Gasteiger partial charge in [-0.25, -0.2) is 4.79 Å². The maximum atomic E-state index is 11.6. The van der Waals surface area contributed by atoms with Crippen molar-refractivity contribution in [1.82, 2.24) is 10.3 Å². The van der Waals surface area contributed by atoms with E-state index in [1.54, 1.807) is 18.5 Å². The topological polar surface area (TPSA) is 54.0 Å². The van der Waals surface area contributed by atoms with E-state index in [0.29, 0.717) is 5.69 Å². The SMILES string of the molecule is CCCCCC(C)NC(=O)Nc1cccnc1. The molecular weight excluding hydrogens is 214 g/mol. The fourth-order valence-corrected chi connectivity index (χ4v) is 1.60. The number of unbranched alkanes of at least 4 members (excludes halogenated alkanes) is 2. The van der Waals surface area contributed by atoms with Crippen LogP contribution in [-0.2, 0) is 0 Å². The van der Waals surface area contributed by atoms with Crippen molar-refractivity contribution in [2.75, 3.05) is 5.32 Å². The molecule has 4 heteroatoms. The Kier molecular flexibility index (Phi) is 6.07. The summed E-state index contributed by atoms with van der Waals surface area (Å²) in [4.78, 5) is 15.5. The molecule has 1 heterocycles. The second-order valence-electron chi connectivity index (χ2n) is 4.24. The summed E-state index contributed by atoms with van der Waals surface area (Å²) in [6.45, 7) is 4.20. The number of hydrogen-bond acceptors (Lipinski definition) is 2. The van der Waals surface area contributed by atoms with Gasteiger partial charge in [0.15, 0.2) is 0 Å². The number of aromatic nitrogens is 1. The van der Waals surface area contributed by atoms with Crippen LogP contribution in [0.25, 0.3) is 0 Å². The highest BCUT2D eigenvalue weighted by atomic mass is 16.2. The first-order chi connectivity index (χ1) is 8.22. The number of pyridine rings is 1. The van der Waals surface area contributed by atoms with Gasteiger partial charge >= 0.3 is 6.03 Å². The molecule has 1 aromatic heterocycles. The Morgan fingerprint density at radius 2 is 2.29 bits per heavy atom. The largest absolute Gasteiger partial charge is 0.335 e. The van der Waals surface area contributed by atoms with Gasteiger partial charge in [0.1, 0.15) is 0 Å². The summed E-state index contributed by atoms with van der Waals surface area (Å²) in [5, 5.41) is 5.66. The fraction of sp³-hybridized carbons (Fsp3) is 0.538. The smallest absolute Gasteiger partial charge is 0.319 e. The first-order valence-electron chi connectivity index (χ1n) is 6.20. The molecule has 0 saturated carbocycles. The standard InChI is InChI=1S/C13H21N3O/c1-3-4-5-7-11(2)15-13(17)16-12-8-6-9-14-10-12/h6,8-11H,3-5,7H2,1-2H3,(H2,15,16,17). The van der Waals surface area contributed by atoms with Gasteiger partial charge < -0.3 is 10.6 Å². The lowest BCUT2D eigenvalue weighted by Crippen LogP contribution is -2.36. The molecule has 94 valence electrons. The van der Waals surface area contributed by atoms with Crippen LogP contribution >= 0.6 is 0 Å². The zero-order chi connectivity index (χ0) is 12.5. The van der Waals surface area contributed by atoms with E-state index in [4.69, 9.17) is 0 Å². The Labute approximate surface area is 103 Å². The van der Waals surface area contributed by atoms with Crippen LogP contribution in [0.15, 0.2) is 24.5 Å². The fourth-order valence-electron chi connectivity index (χ4n) is 1.60. The van der Waals surface area contributed by atoms with Crippen LogP contribution < -0.4 is 10.6 Å². The van der Waals surface area contributed by atoms with E-state index < -0.39 is 0 Å². The maximum absolute atomic E-state index is 11.6. The molecule has 2 amide bonds. The van der Waals surface area contributed by atoms with E-state index in [0.717, 1.165) is 12.8 Å². The molecule has 0 aliphatic heterocycles. The third-order valence-corrected chi connectivity index (χ3v) is 2.54. The Balaban J connectivity index is 2.25. The summed E-state index contributed by atoms with van der Waals surface area (Å²) in [7, 11) is 0. The van der Waals surface area contributed by atoms with Gasteiger partial charge in [-0.3, -0.25) is 4.98 Å². The average Bonchev–Trinajstić information content (AvgIpc) is 2.30. The van der Waals surface area contributed by atoms with Crippen LogP contribution in [-0.4, -0.2) is 17.1 Å². The summed E-state index contributed by atoms with van der Waals surface area (Å²) in [6.07, 6.45) is 7.90. The molecular formula is C13H21N3O. The zero-order valence-corrected chi connectivity index (χ0v) is 10.6. The molecule has 0 radical (unpaired) electrons. The lowest BCUT2D eigenvalue weighted by molar-refractivity contribution is 0.248. The van der Waals surface area contributed by atoms with Crippen molar-refractivity contribution >= 4 is 11.7 Å². The number of nitrogens with one attached hydrogen (secondary N) is 2. The Hall–Kier alpha value is -1.58. The molecule has 1 atom stereocenters. The van der Waals surface area contributed by atoms with Crippen LogP contribution in [0.1, 0.15) is 39.5 Å². The monoisotopic (exact) mass is 235 g/mol. The van der Waals surface area contributed by atoms with Crippen LogP contribution in [0.2, 0.25) is 0 Å². The van der Waals surface area contributed by atoms with Crippen LogP contribution in [0, 0.1) is 0 Å². The highest BCUT2D eigenvalue weighted by Crippen LogP contribution is 2.05. The van der Waals surface area contributed by atoms with E-state index in [2.05, 4.69) is 22.5 Å². The van der Waals surface area contributed by atoms with Crippen molar-refractivity contribution < 1.29 is 4.79 Å². The van der Waals surface area contributed by atoms with Crippen molar-refractivity contribution in [3.05, 3.63) is 24.5 Å². The number of carbonyl (C=O) groups excluding carboxylic acids is 1. The molecule has 1 aromatic rings. The molecule has 4 nitrogen and oxygen atoms in total. The van der Waals surface area contributed by atoms with Crippen molar-refractivity contribution in [2.24, 2.45) is 0 Å². The highest BCUT2D eigenvalue weighted by molar-refractivity contribution is 5.89. The van der Waals surface area contributed by atoms with E-state index in [1.165, 1.54) is 12.8 Å². The van der Waals surface area contributed by atoms with Crippen LogP contribution in [0.5, 0.6) is 0 Å². The second kappa shape index (κ2) is 7.65. The molecule has 0 saturated heterocycles. The Bertz CT molecular complexity index is 327. The van der Waals surface area contributed by atoms with Gasteiger partial charge in [0.25, 0.3) is 0 Å². The number of anilines is 1. The Morgan fingerprint density at radius 3 is 2.94 bits per heavy atom. The summed E-state index contributed by atoms with van der Waals surface area (Å²) < 4.78 is 0. The molecule has 0 bridgehead atoms.